The number of benzene rings is 1. The monoisotopic (exact) mass is 369 g/mol. The van der Waals surface area contributed by atoms with Crippen LogP contribution in [0.2, 0.25) is 0 Å². The first kappa shape index (κ1) is 17.9. The minimum Gasteiger partial charge on any atom is -0.379 e. The van der Waals surface area contributed by atoms with Crippen LogP contribution < -0.4 is 16.8 Å². The number of aliphatic imine (C=N–C) groups is 1. The number of amides is 2. The first-order valence-corrected chi connectivity index (χ1v) is 9.02. The summed E-state index contributed by atoms with van der Waals surface area (Å²) in [5.74, 6) is -0.0557. The summed E-state index contributed by atoms with van der Waals surface area (Å²) < 4.78 is 0. The van der Waals surface area contributed by atoms with Crippen molar-refractivity contribution >= 4 is 34.4 Å². The maximum absolute atomic E-state index is 12.4. The fraction of sp³-hybridized carbons (Fsp3) is 0.222. The van der Waals surface area contributed by atoms with Crippen LogP contribution >= 0.6 is 11.8 Å². The fourth-order valence-electron chi connectivity index (χ4n) is 2.70. The first-order chi connectivity index (χ1) is 12.4. The summed E-state index contributed by atoms with van der Waals surface area (Å²) in [6.45, 7) is 2.03. The summed E-state index contributed by atoms with van der Waals surface area (Å²) in [7, 11) is 0. The van der Waals surface area contributed by atoms with Gasteiger partial charge in [0.1, 0.15) is 5.69 Å². The quantitative estimate of drug-likeness (QED) is 0.761. The van der Waals surface area contributed by atoms with Crippen LogP contribution in [-0.4, -0.2) is 27.7 Å². The molecule has 0 aliphatic carbocycles. The Morgan fingerprint density at radius 3 is 2.73 bits per heavy atom. The van der Waals surface area contributed by atoms with Gasteiger partial charge in [-0.2, -0.15) is 0 Å². The van der Waals surface area contributed by atoms with Gasteiger partial charge in [0.05, 0.1) is 11.1 Å². The SMILES string of the molecule is CC1(c2cccc(NC(=O)c3ccc(C(N)=O)cn3)c2)CCSC(N)=N1. The third-order valence-corrected chi connectivity index (χ3v) is 5.01. The van der Waals surface area contributed by atoms with Crippen molar-refractivity contribution in [3.8, 4) is 0 Å². The molecule has 2 aromatic rings. The van der Waals surface area contributed by atoms with Crippen molar-refractivity contribution in [1.29, 1.82) is 0 Å². The Labute approximate surface area is 155 Å². The van der Waals surface area contributed by atoms with Gasteiger partial charge in [-0.3, -0.25) is 19.6 Å². The van der Waals surface area contributed by atoms with Crippen LogP contribution in [-0.2, 0) is 5.54 Å². The Hall–Kier alpha value is -2.87. The summed E-state index contributed by atoms with van der Waals surface area (Å²) in [6, 6.07) is 10.5. The molecule has 5 N–H and O–H groups in total. The summed E-state index contributed by atoms with van der Waals surface area (Å²) in [5, 5.41) is 3.39. The molecule has 0 radical (unpaired) electrons. The number of pyridine rings is 1. The number of carbonyl (C=O) groups excluding carboxylic acids is 2. The zero-order chi connectivity index (χ0) is 18.7. The van der Waals surface area contributed by atoms with Crippen LogP contribution in [0.5, 0.6) is 0 Å². The van der Waals surface area contributed by atoms with E-state index in [0.717, 1.165) is 17.7 Å². The second-order valence-corrected chi connectivity index (χ2v) is 7.27. The number of primary amides is 1. The molecule has 1 unspecified atom stereocenters. The van der Waals surface area contributed by atoms with E-state index in [4.69, 9.17) is 11.5 Å². The molecule has 0 fully saturated rings. The molecular formula is C18H19N5O2S. The molecule has 0 bridgehead atoms. The molecule has 26 heavy (non-hydrogen) atoms. The van der Waals surface area contributed by atoms with Crippen LogP contribution in [0.25, 0.3) is 0 Å². The Kier molecular flexibility index (Phi) is 4.94. The average Bonchev–Trinajstić information content (AvgIpc) is 2.62. The number of nitrogens with one attached hydrogen (secondary N) is 1. The molecule has 134 valence electrons. The topological polar surface area (TPSA) is 123 Å². The van der Waals surface area contributed by atoms with E-state index in [2.05, 4.69) is 15.3 Å². The van der Waals surface area contributed by atoms with Gasteiger partial charge in [0.15, 0.2) is 5.17 Å². The van der Waals surface area contributed by atoms with Gasteiger partial charge in [-0.25, -0.2) is 0 Å². The van der Waals surface area contributed by atoms with Crippen molar-refractivity contribution in [2.75, 3.05) is 11.1 Å². The van der Waals surface area contributed by atoms with Crippen molar-refractivity contribution in [3.05, 3.63) is 59.4 Å². The number of anilines is 1. The van der Waals surface area contributed by atoms with E-state index in [-0.39, 0.29) is 17.2 Å². The van der Waals surface area contributed by atoms with Crippen molar-refractivity contribution in [3.63, 3.8) is 0 Å². The Bertz CT molecular complexity index is 881. The van der Waals surface area contributed by atoms with Gasteiger partial charge in [0.2, 0.25) is 5.91 Å². The van der Waals surface area contributed by atoms with Gasteiger partial charge < -0.3 is 16.8 Å². The summed E-state index contributed by atoms with van der Waals surface area (Å²) in [4.78, 5) is 32.0. The van der Waals surface area contributed by atoms with E-state index in [9.17, 15) is 9.59 Å². The number of hydrogen-bond donors (Lipinski definition) is 3. The van der Waals surface area contributed by atoms with Gasteiger partial charge >= 0.3 is 0 Å². The number of nitrogens with two attached hydrogens (primary N) is 2. The van der Waals surface area contributed by atoms with Crippen molar-refractivity contribution in [2.24, 2.45) is 16.5 Å². The zero-order valence-corrected chi connectivity index (χ0v) is 15.0. The molecule has 8 heteroatoms. The van der Waals surface area contributed by atoms with Gasteiger partial charge in [0, 0.05) is 17.6 Å². The second kappa shape index (κ2) is 7.17. The number of amidine groups is 1. The van der Waals surface area contributed by atoms with Gasteiger partial charge in [-0.1, -0.05) is 23.9 Å². The summed E-state index contributed by atoms with van der Waals surface area (Å²) in [5.41, 5.74) is 12.7. The van der Waals surface area contributed by atoms with Gasteiger partial charge in [-0.05, 0) is 43.2 Å². The third kappa shape index (κ3) is 3.85. The molecule has 1 aromatic carbocycles. The number of carbonyl (C=O) groups is 2. The molecule has 3 rings (SSSR count). The van der Waals surface area contributed by atoms with Crippen molar-refractivity contribution in [1.82, 2.24) is 4.98 Å². The highest BCUT2D eigenvalue weighted by molar-refractivity contribution is 8.13. The highest BCUT2D eigenvalue weighted by atomic mass is 32.2. The van der Waals surface area contributed by atoms with E-state index in [0.29, 0.717) is 10.9 Å². The molecule has 1 aliphatic heterocycles. The highest BCUT2D eigenvalue weighted by Gasteiger charge is 2.29. The molecule has 7 nitrogen and oxygen atoms in total. The smallest absolute Gasteiger partial charge is 0.274 e. The largest absolute Gasteiger partial charge is 0.379 e. The number of nitrogens with zero attached hydrogens (tertiary/aromatic N) is 2. The van der Waals surface area contributed by atoms with Crippen LogP contribution in [0, 0.1) is 0 Å². The Morgan fingerprint density at radius 1 is 1.27 bits per heavy atom. The van der Waals surface area contributed by atoms with E-state index < -0.39 is 11.4 Å². The van der Waals surface area contributed by atoms with Crippen molar-refractivity contribution < 1.29 is 9.59 Å². The van der Waals surface area contributed by atoms with Crippen LogP contribution in [0.1, 0.15) is 39.8 Å². The lowest BCUT2D eigenvalue weighted by Crippen LogP contribution is -2.28. The molecular weight excluding hydrogens is 350 g/mol. The lowest BCUT2D eigenvalue weighted by Gasteiger charge is -2.30. The Balaban J connectivity index is 1.79. The predicted molar refractivity (Wildman–Crippen MR) is 103 cm³/mol. The maximum atomic E-state index is 12.4. The number of hydrogen-bond acceptors (Lipinski definition) is 6. The molecule has 1 aliphatic rings. The van der Waals surface area contributed by atoms with Gasteiger partial charge in [-0.15, -0.1) is 0 Å². The van der Waals surface area contributed by atoms with E-state index >= 15 is 0 Å². The molecule has 2 heterocycles. The zero-order valence-electron chi connectivity index (χ0n) is 14.2. The molecule has 2 amide bonds. The molecule has 1 atom stereocenters. The average molecular weight is 369 g/mol. The fourth-order valence-corrected chi connectivity index (χ4v) is 3.67. The number of aromatic nitrogens is 1. The van der Waals surface area contributed by atoms with Crippen LogP contribution in [0.3, 0.4) is 0 Å². The Morgan fingerprint density at radius 2 is 2.08 bits per heavy atom. The number of thioether (sulfide) groups is 1. The molecule has 1 aromatic heterocycles. The standard InChI is InChI=1S/C18H19N5O2S/c1-18(7-8-26-17(20)23-18)12-3-2-4-13(9-12)22-16(25)14-6-5-11(10-21-14)15(19)24/h2-6,9-10H,7-8H2,1H3,(H2,19,24)(H2,20,23)(H,22,25). The number of rotatable bonds is 4. The maximum Gasteiger partial charge on any atom is 0.274 e. The van der Waals surface area contributed by atoms with Crippen molar-refractivity contribution in [2.45, 2.75) is 18.9 Å². The molecule has 0 spiro atoms. The third-order valence-electron chi connectivity index (χ3n) is 4.22. The summed E-state index contributed by atoms with van der Waals surface area (Å²) in [6.07, 6.45) is 2.15. The second-order valence-electron chi connectivity index (χ2n) is 6.15. The molecule has 0 saturated carbocycles. The van der Waals surface area contributed by atoms with Crippen LogP contribution in [0.4, 0.5) is 5.69 Å². The minimum atomic E-state index is -0.587. The van der Waals surface area contributed by atoms with E-state index in [1.807, 2.05) is 25.1 Å². The van der Waals surface area contributed by atoms with Crippen LogP contribution in [0.15, 0.2) is 47.6 Å². The van der Waals surface area contributed by atoms with E-state index in [1.165, 1.54) is 18.3 Å². The van der Waals surface area contributed by atoms with Gasteiger partial charge in [0.25, 0.3) is 5.91 Å². The minimum absolute atomic E-state index is 0.197. The predicted octanol–water partition coefficient (Wildman–Crippen LogP) is 2.10. The first-order valence-electron chi connectivity index (χ1n) is 8.03. The molecule has 0 saturated heterocycles. The highest BCUT2D eigenvalue weighted by Crippen LogP contribution is 2.35. The lowest BCUT2D eigenvalue weighted by atomic mass is 9.89. The normalized spacial score (nSPS) is 19.5. The summed E-state index contributed by atoms with van der Waals surface area (Å²) >= 11 is 1.55. The lowest BCUT2D eigenvalue weighted by molar-refractivity contribution is 0.0993. The van der Waals surface area contributed by atoms with E-state index in [1.54, 1.807) is 17.8 Å².